The van der Waals surface area contributed by atoms with Gasteiger partial charge in [0.1, 0.15) is 11.6 Å². The SMILES string of the molecule is CCN1CCN(c2cc3c(NCc4cc([N+](=O)[O-])cc(C(F)(F)F)c4)nc(Cl)nc3cc2OC)CC1. The van der Waals surface area contributed by atoms with Gasteiger partial charge < -0.3 is 19.9 Å². The fraction of sp³-hybridized carbons (Fsp3) is 0.391. The van der Waals surface area contributed by atoms with Crippen LogP contribution in [0.25, 0.3) is 10.9 Å². The number of piperazine rings is 1. The van der Waals surface area contributed by atoms with Crippen LogP contribution < -0.4 is 15.0 Å². The van der Waals surface area contributed by atoms with Crippen molar-refractivity contribution in [3.05, 3.63) is 56.9 Å². The number of ether oxygens (including phenoxy) is 1. The number of rotatable bonds is 7. The second-order valence-electron chi connectivity index (χ2n) is 8.30. The van der Waals surface area contributed by atoms with E-state index >= 15 is 0 Å². The van der Waals surface area contributed by atoms with Crippen molar-refractivity contribution in [2.24, 2.45) is 0 Å². The molecule has 1 aliphatic rings. The smallest absolute Gasteiger partial charge is 0.416 e. The molecule has 1 N–H and O–H groups in total. The molecule has 0 bridgehead atoms. The third-order valence-corrected chi connectivity index (χ3v) is 6.27. The molecule has 192 valence electrons. The van der Waals surface area contributed by atoms with E-state index in [1.807, 2.05) is 6.07 Å². The molecule has 0 saturated carbocycles. The zero-order valence-electron chi connectivity index (χ0n) is 19.6. The van der Waals surface area contributed by atoms with Crippen LogP contribution in [0.2, 0.25) is 5.28 Å². The predicted octanol–water partition coefficient (Wildman–Crippen LogP) is 4.97. The minimum Gasteiger partial charge on any atom is -0.495 e. The van der Waals surface area contributed by atoms with Gasteiger partial charge in [-0.1, -0.05) is 6.92 Å². The first-order valence-corrected chi connectivity index (χ1v) is 11.6. The van der Waals surface area contributed by atoms with E-state index in [4.69, 9.17) is 16.3 Å². The Morgan fingerprint density at radius 3 is 2.47 bits per heavy atom. The van der Waals surface area contributed by atoms with E-state index in [1.54, 1.807) is 13.2 Å². The summed E-state index contributed by atoms with van der Waals surface area (Å²) in [5.41, 5.74) is -0.351. The van der Waals surface area contributed by atoms with Gasteiger partial charge >= 0.3 is 6.18 Å². The quantitative estimate of drug-likeness (QED) is 0.263. The number of likely N-dealkylation sites (N-methyl/N-ethyl adjacent to an activating group) is 1. The standard InChI is InChI=1S/C23H24ClF3N6O3/c1-3-31-4-6-32(7-5-31)19-11-17-18(12-20(19)36-2)29-22(24)30-21(17)28-13-14-8-15(23(25,26)27)10-16(9-14)33(34)35/h8-12H,3-7,13H2,1-2H3,(H,28,29,30). The maximum absolute atomic E-state index is 13.3. The molecule has 2 heterocycles. The molecule has 0 atom stereocenters. The third kappa shape index (κ3) is 5.54. The number of nitrogens with zero attached hydrogens (tertiary/aromatic N) is 5. The van der Waals surface area contributed by atoms with Crippen molar-refractivity contribution in [2.75, 3.05) is 50.1 Å². The van der Waals surface area contributed by atoms with Crippen LogP contribution in [-0.2, 0) is 12.7 Å². The Morgan fingerprint density at radius 1 is 1.14 bits per heavy atom. The predicted molar refractivity (Wildman–Crippen MR) is 131 cm³/mol. The van der Waals surface area contributed by atoms with Crippen LogP contribution in [0.3, 0.4) is 0 Å². The molecule has 4 rings (SSSR count). The van der Waals surface area contributed by atoms with Crippen LogP contribution in [-0.4, -0.2) is 59.6 Å². The van der Waals surface area contributed by atoms with Gasteiger partial charge in [0.2, 0.25) is 5.28 Å². The maximum Gasteiger partial charge on any atom is 0.416 e. The minimum atomic E-state index is -4.72. The average molecular weight is 525 g/mol. The molecular formula is C23H24ClF3N6O3. The zero-order chi connectivity index (χ0) is 26.0. The summed E-state index contributed by atoms with van der Waals surface area (Å²) in [5, 5.41) is 14.7. The Bertz CT molecular complexity index is 1280. The number of nitro benzene ring substituents is 1. The normalized spacial score (nSPS) is 14.8. The van der Waals surface area contributed by atoms with Crippen LogP contribution in [0.4, 0.5) is 30.4 Å². The lowest BCUT2D eigenvalue weighted by molar-refractivity contribution is -0.385. The number of non-ortho nitro benzene ring substituents is 1. The van der Waals surface area contributed by atoms with Gasteiger partial charge in [-0.15, -0.1) is 0 Å². The number of anilines is 2. The number of aromatic nitrogens is 2. The number of halogens is 4. The van der Waals surface area contributed by atoms with Crippen molar-refractivity contribution in [1.29, 1.82) is 0 Å². The van der Waals surface area contributed by atoms with Gasteiger partial charge in [-0.05, 0) is 35.8 Å². The molecule has 0 aliphatic carbocycles. The highest BCUT2D eigenvalue weighted by Gasteiger charge is 2.32. The summed E-state index contributed by atoms with van der Waals surface area (Å²) in [4.78, 5) is 23.4. The average Bonchev–Trinajstić information content (AvgIpc) is 2.85. The van der Waals surface area contributed by atoms with Gasteiger partial charge in [0.15, 0.2) is 0 Å². The molecule has 0 unspecified atom stereocenters. The van der Waals surface area contributed by atoms with Gasteiger partial charge in [0.05, 0.1) is 28.8 Å². The third-order valence-electron chi connectivity index (χ3n) is 6.10. The Hall–Kier alpha value is -3.38. The van der Waals surface area contributed by atoms with E-state index in [0.29, 0.717) is 28.5 Å². The molecule has 0 amide bonds. The largest absolute Gasteiger partial charge is 0.495 e. The molecule has 3 aromatic rings. The molecular weight excluding hydrogens is 501 g/mol. The van der Waals surface area contributed by atoms with Crippen LogP contribution >= 0.6 is 11.6 Å². The summed E-state index contributed by atoms with van der Waals surface area (Å²) in [7, 11) is 1.56. The number of benzene rings is 2. The fourth-order valence-electron chi connectivity index (χ4n) is 4.20. The maximum atomic E-state index is 13.3. The van der Waals surface area contributed by atoms with Gasteiger partial charge in [-0.3, -0.25) is 10.1 Å². The summed E-state index contributed by atoms with van der Waals surface area (Å²) in [6.45, 7) is 6.31. The molecule has 9 nitrogen and oxygen atoms in total. The molecule has 1 fully saturated rings. The van der Waals surface area contributed by atoms with E-state index < -0.39 is 22.4 Å². The molecule has 36 heavy (non-hydrogen) atoms. The number of alkyl halides is 3. The summed E-state index contributed by atoms with van der Waals surface area (Å²) < 4.78 is 45.4. The summed E-state index contributed by atoms with van der Waals surface area (Å²) >= 11 is 6.12. The van der Waals surface area contributed by atoms with E-state index in [9.17, 15) is 23.3 Å². The summed E-state index contributed by atoms with van der Waals surface area (Å²) in [6.07, 6.45) is -4.72. The molecule has 0 radical (unpaired) electrons. The van der Waals surface area contributed by atoms with Gasteiger partial charge in [0, 0.05) is 56.3 Å². The van der Waals surface area contributed by atoms with Gasteiger partial charge in [-0.25, -0.2) is 9.97 Å². The summed E-state index contributed by atoms with van der Waals surface area (Å²) in [6, 6.07) is 6.08. The number of fused-ring (bicyclic) bond motifs is 1. The summed E-state index contributed by atoms with van der Waals surface area (Å²) in [5.74, 6) is 0.905. The van der Waals surface area contributed by atoms with E-state index in [1.165, 1.54) is 0 Å². The number of methoxy groups -OCH3 is 1. The van der Waals surface area contributed by atoms with E-state index in [0.717, 1.165) is 50.5 Å². The first-order chi connectivity index (χ1) is 17.1. The Morgan fingerprint density at radius 2 is 1.86 bits per heavy atom. The lowest BCUT2D eigenvalue weighted by Crippen LogP contribution is -2.46. The van der Waals surface area contributed by atoms with E-state index in [-0.39, 0.29) is 17.4 Å². The monoisotopic (exact) mass is 524 g/mol. The second-order valence-corrected chi connectivity index (χ2v) is 8.64. The number of hydrogen-bond acceptors (Lipinski definition) is 8. The molecule has 1 saturated heterocycles. The van der Waals surface area contributed by atoms with Crippen LogP contribution in [0.15, 0.2) is 30.3 Å². The minimum absolute atomic E-state index is 0.0635. The molecule has 1 aliphatic heterocycles. The van der Waals surface area contributed by atoms with Crippen molar-refractivity contribution in [2.45, 2.75) is 19.6 Å². The van der Waals surface area contributed by atoms with Crippen LogP contribution in [0, 0.1) is 10.1 Å². The fourth-order valence-corrected chi connectivity index (χ4v) is 4.37. The first kappa shape index (κ1) is 25.7. The zero-order valence-corrected chi connectivity index (χ0v) is 20.4. The highest BCUT2D eigenvalue weighted by Crippen LogP contribution is 2.37. The van der Waals surface area contributed by atoms with Gasteiger partial charge in [-0.2, -0.15) is 13.2 Å². The highest BCUT2D eigenvalue weighted by molar-refractivity contribution is 6.28. The molecule has 13 heteroatoms. The van der Waals surface area contributed by atoms with Crippen molar-refractivity contribution < 1.29 is 22.8 Å². The van der Waals surface area contributed by atoms with Crippen molar-refractivity contribution >= 4 is 39.7 Å². The molecule has 0 spiro atoms. The van der Waals surface area contributed by atoms with Crippen LogP contribution in [0.5, 0.6) is 5.75 Å². The molecule has 1 aromatic heterocycles. The lowest BCUT2D eigenvalue weighted by Gasteiger charge is -2.36. The number of nitrogens with one attached hydrogen (secondary N) is 1. The van der Waals surface area contributed by atoms with Gasteiger partial charge in [0.25, 0.3) is 5.69 Å². The Balaban J connectivity index is 1.69. The van der Waals surface area contributed by atoms with Crippen molar-refractivity contribution in [3.63, 3.8) is 0 Å². The first-order valence-electron chi connectivity index (χ1n) is 11.2. The van der Waals surface area contributed by atoms with Crippen molar-refractivity contribution in [3.8, 4) is 5.75 Å². The van der Waals surface area contributed by atoms with Crippen molar-refractivity contribution in [1.82, 2.24) is 14.9 Å². The highest BCUT2D eigenvalue weighted by atomic mass is 35.5. The number of hydrogen-bond donors (Lipinski definition) is 1. The lowest BCUT2D eigenvalue weighted by atomic mass is 10.1. The Kier molecular flexibility index (Phi) is 7.36. The van der Waals surface area contributed by atoms with Crippen LogP contribution in [0.1, 0.15) is 18.1 Å². The molecule has 2 aromatic carbocycles. The number of nitro groups is 1. The van der Waals surface area contributed by atoms with E-state index in [2.05, 4.69) is 32.0 Å². The topological polar surface area (TPSA) is 96.7 Å². The second kappa shape index (κ2) is 10.3. The Labute approximate surface area is 210 Å².